The van der Waals surface area contributed by atoms with Crippen molar-refractivity contribution in [1.29, 1.82) is 0 Å². The normalized spacial score (nSPS) is 20.0. The van der Waals surface area contributed by atoms with Gasteiger partial charge in [0, 0.05) is 32.5 Å². The largest absolute Gasteiger partial charge is 0.368 e. The van der Waals surface area contributed by atoms with Crippen molar-refractivity contribution in [2.45, 2.75) is 19.4 Å². The second-order valence-corrected chi connectivity index (χ2v) is 6.83. The average Bonchev–Trinajstić information content (AvgIpc) is 2.65. The van der Waals surface area contributed by atoms with Gasteiger partial charge in [-0.3, -0.25) is 0 Å². The Morgan fingerprint density at radius 2 is 1.94 bits per heavy atom. The van der Waals surface area contributed by atoms with E-state index in [1.807, 2.05) is 0 Å². The van der Waals surface area contributed by atoms with E-state index in [1.54, 1.807) is 0 Å². The van der Waals surface area contributed by atoms with Crippen LogP contribution in [0.3, 0.4) is 0 Å². The smallest absolute Gasteiger partial charge is 0.0656 e. The highest BCUT2D eigenvalue weighted by Gasteiger charge is 2.24. The lowest BCUT2D eigenvalue weighted by molar-refractivity contribution is 0.572. The van der Waals surface area contributed by atoms with Crippen LogP contribution in [0.4, 0.5) is 5.69 Å². The Labute approximate surface area is 128 Å². The molecule has 2 nitrogen and oxygen atoms in total. The zero-order valence-corrected chi connectivity index (χ0v) is 14.4. The summed E-state index contributed by atoms with van der Waals surface area (Å²) in [4.78, 5) is 2.42. The number of benzene rings is 1. The first kappa shape index (κ1) is 13.8. The molecule has 1 fully saturated rings. The number of hydrogen-bond acceptors (Lipinski definition) is 2. The van der Waals surface area contributed by atoms with Crippen molar-refractivity contribution in [3.8, 4) is 0 Å². The van der Waals surface area contributed by atoms with Gasteiger partial charge in [-0.25, -0.2) is 0 Å². The standard InChI is InChI=1S/C12H15Br3N2/c1-2-16-9-3-4-17(7-9)12-10(14)5-8(13)6-11(12)15/h5-6,9,16H,2-4,7H2,1H3. The quantitative estimate of drug-likeness (QED) is 0.780. The van der Waals surface area contributed by atoms with Gasteiger partial charge in [0.05, 0.1) is 5.69 Å². The van der Waals surface area contributed by atoms with E-state index in [0.717, 1.165) is 33.1 Å². The third-order valence-corrected chi connectivity index (χ3v) is 4.65. The monoisotopic (exact) mass is 424 g/mol. The minimum Gasteiger partial charge on any atom is -0.368 e. The third-order valence-electron chi connectivity index (χ3n) is 2.98. The van der Waals surface area contributed by atoms with Crippen LogP contribution in [0.1, 0.15) is 13.3 Å². The highest BCUT2D eigenvalue weighted by molar-refractivity contribution is 9.11. The van der Waals surface area contributed by atoms with Crippen LogP contribution >= 0.6 is 47.8 Å². The molecular weight excluding hydrogens is 412 g/mol. The molecule has 0 radical (unpaired) electrons. The molecule has 1 unspecified atom stereocenters. The fourth-order valence-corrected chi connectivity index (χ4v) is 5.02. The number of likely N-dealkylation sites (N-methyl/N-ethyl adjacent to an activating group) is 1. The van der Waals surface area contributed by atoms with E-state index >= 15 is 0 Å². The predicted octanol–water partition coefficient (Wildman–Crippen LogP) is 4.16. The van der Waals surface area contributed by atoms with Gasteiger partial charge in [0.25, 0.3) is 0 Å². The molecule has 1 aromatic carbocycles. The number of nitrogens with zero attached hydrogens (tertiary/aromatic N) is 1. The topological polar surface area (TPSA) is 15.3 Å². The first-order valence-electron chi connectivity index (χ1n) is 5.74. The Morgan fingerprint density at radius 1 is 1.29 bits per heavy atom. The Hall–Kier alpha value is 0.420. The molecule has 5 heteroatoms. The van der Waals surface area contributed by atoms with E-state index in [2.05, 4.69) is 77.1 Å². The van der Waals surface area contributed by atoms with Crippen molar-refractivity contribution < 1.29 is 0 Å². The van der Waals surface area contributed by atoms with Crippen LogP contribution in [0.25, 0.3) is 0 Å². The van der Waals surface area contributed by atoms with Gasteiger partial charge in [0.1, 0.15) is 0 Å². The van der Waals surface area contributed by atoms with Crippen molar-refractivity contribution in [2.75, 3.05) is 24.5 Å². The van der Waals surface area contributed by atoms with Crippen LogP contribution in [0.2, 0.25) is 0 Å². The maximum atomic E-state index is 3.64. The summed E-state index contributed by atoms with van der Waals surface area (Å²) >= 11 is 10.8. The number of hydrogen-bond donors (Lipinski definition) is 1. The second-order valence-electron chi connectivity index (χ2n) is 4.21. The summed E-state index contributed by atoms with van der Waals surface area (Å²) in [5, 5.41) is 3.51. The number of rotatable bonds is 3. The highest BCUT2D eigenvalue weighted by Crippen LogP contribution is 2.38. The van der Waals surface area contributed by atoms with Crippen LogP contribution in [-0.4, -0.2) is 25.7 Å². The molecule has 1 N–H and O–H groups in total. The second kappa shape index (κ2) is 6.04. The molecule has 1 aliphatic rings. The lowest BCUT2D eigenvalue weighted by atomic mass is 10.2. The summed E-state index contributed by atoms with van der Waals surface area (Å²) in [6, 6.07) is 4.81. The lowest BCUT2D eigenvalue weighted by Crippen LogP contribution is -2.32. The Morgan fingerprint density at radius 3 is 2.53 bits per heavy atom. The minimum atomic E-state index is 0.613. The maximum Gasteiger partial charge on any atom is 0.0656 e. The van der Waals surface area contributed by atoms with Crippen LogP contribution in [-0.2, 0) is 0 Å². The number of nitrogens with one attached hydrogen (secondary N) is 1. The van der Waals surface area contributed by atoms with Gasteiger partial charge in [0.2, 0.25) is 0 Å². The Bertz CT molecular complexity index is 386. The number of halogens is 3. The predicted molar refractivity (Wildman–Crippen MR) is 83.8 cm³/mol. The molecule has 1 aliphatic heterocycles. The summed E-state index contributed by atoms with van der Waals surface area (Å²) in [6.07, 6.45) is 1.21. The molecule has 0 bridgehead atoms. The van der Waals surface area contributed by atoms with Crippen LogP contribution in [0, 0.1) is 0 Å². The van der Waals surface area contributed by atoms with E-state index in [4.69, 9.17) is 0 Å². The van der Waals surface area contributed by atoms with Crippen molar-refractivity contribution >= 4 is 53.5 Å². The van der Waals surface area contributed by atoms with E-state index in [0.29, 0.717) is 6.04 Å². The zero-order chi connectivity index (χ0) is 12.4. The molecule has 0 aliphatic carbocycles. The summed E-state index contributed by atoms with van der Waals surface area (Å²) in [5.74, 6) is 0. The van der Waals surface area contributed by atoms with Gasteiger partial charge < -0.3 is 10.2 Å². The van der Waals surface area contributed by atoms with Gasteiger partial charge in [0.15, 0.2) is 0 Å². The SMILES string of the molecule is CCNC1CCN(c2c(Br)cc(Br)cc2Br)C1. The highest BCUT2D eigenvalue weighted by atomic mass is 79.9. The van der Waals surface area contributed by atoms with E-state index in [9.17, 15) is 0 Å². The molecule has 0 spiro atoms. The first-order chi connectivity index (χ1) is 8.11. The minimum absolute atomic E-state index is 0.613. The van der Waals surface area contributed by atoms with Gasteiger partial charge in [-0.1, -0.05) is 22.9 Å². The van der Waals surface area contributed by atoms with Crippen LogP contribution < -0.4 is 10.2 Å². The molecule has 0 saturated carbocycles. The molecule has 0 aromatic heterocycles. The van der Waals surface area contributed by atoms with E-state index < -0.39 is 0 Å². The molecular formula is C12H15Br3N2. The van der Waals surface area contributed by atoms with Crippen molar-refractivity contribution in [3.05, 3.63) is 25.6 Å². The Balaban J connectivity index is 2.19. The van der Waals surface area contributed by atoms with E-state index in [-0.39, 0.29) is 0 Å². The average molecular weight is 427 g/mol. The molecule has 0 amide bonds. The molecule has 2 rings (SSSR count). The van der Waals surface area contributed by atoms with Crippen molar-refractivity contribution in [2.24, 2.45) is 0 Å². The lowest BCUT2D eigenvalue weighted by Gasteiger charge is -2.22. The van der Waals surface area contributed by atoms with Gasteiger partial charge in [-0.15, -0.1) is 0 Å². The molecule has 17 heavy (non-hydrogen) atoms. The van der Waals surface area contributed by atoms with E-state index in [1.165, 1.54) is 12.1 Å². The van der Waals surface area contributed by atoms with Gasteiger partial charge in [-0.2, -0.15) is 0 Å². The summed E-state index contributed by atoms with van der Waals surface area (Å²) in [7, 11) is 0. The fourth-order valence-electron chi connectivity index (χ4n) is 2.26. The van der Waals surface area contributed by atoms with Crippen molar-refractivity contribution in [3.63, 3.8) is 0 Å². The van der Waals surface area contributed by atoms with Gasteiger partial charge in [-0.05, 0) is 57.0 Å². The molecule has 1 atom stereocenters. The summed E-state index contributed by atoms with van der Waals surface area (Å²) < 4.78 is 3.36. The van der Waals surface area contributed by atoms with Gasteiger partial charge >= 0.3 is 0 Å². The summed E-state index contributed by atoms with van der Waals surface area (Å²) in [6.45, 7) is 5.39. The zero-order valence-electron chi connectivity index (χ0n) is 9.64. The third kappa shape index (κ3) is 3.25. The maximum absolute atomic E-state index is 3.64. The molecule has 1 saturated heterocycles. The first-order valence-corrected chi connectivity index (χ1v) is 8.12. The Kier molecular flexibility index (Phi) is 4.92. The molecule has 1 aromatic rings. The van der Waals surface area contributed by atoms with Crippen molar-refractivity contribution in [1.82, 2.24) is 5.32 Å². The fraction of sp³-hybridized carbons (Fsp3) is 0.500. The van der Waals surface area contributed by atoms with Crippen LogP contribution in [0.5, 0.6) is 0 Å². The number of anilines is 1. The molecule has 94 valence electrons. The summed E-state index contributed by atoms with van der Waals surface area (Å²) in [5.41, 5.74) is 1.26. The van der Waals surface area contributed by atoms with Crippen LogP contribution in [0.15, 0.2) is 25.6 Å². The molecule has 1 heterocycles.